The summed E-state index contributed by atoms with van der Waals surface area (Å²) in [6.45, 7) is 4.56. The van der Waals surface area contributed by atoms with Crippen LogP contribution >= 0.6 is 0 Å². The van der Waals surface area contributed by atoms with Crippen LogP contribution in [-0.2, 0) is 6.54 Å². The maximum Gasteiger partial charge on any atom is 0.253 e. The number of nitrogens with zero attached hydrogens (tertiary/aromatic N) is 3. The van der Waals surface area contributed by atoms with Gasteiger partial charge in [0.1, 0.15) is 17.8 Å². The fraction of sp³-hybridized carbons (Fsp3) is 0.269. The fourth-order valence-corrected chi connectivity index (χ4v) is 4.54. The highest BCUT2D eigenvalue weighted by Gasteiger charge is 2.36. The molecule has 2 aromatic heterocycles. The molecule has 4 aromatic rings. The van der Waals surface area contributed by atoms with Gasteiger partial charge in [0.15, 0.2) is 0 Å². The molecular formula is C26H29N7O. The van der Waals surface area contributed by atoms with Crippen LogP contribution in [0.3, 0.4) is 0 Å². The Morgan fingerprint density at radius 1 is 1.15 bits per heavy atom. The maximum atomic E-state index is 12.9. The van der Waals surface area contributed by atoms with E-state index in [0.29, 0.717) is 25.2 Å². The summed E-state index contributed by atoms with van der Waals surface area (Å²) in [5, 5.41) is 7.49. The predicted octanol–water partition coefficient (Wildman–Crippen LogP) is 3.22. The number of aryl methyl sites for hydroxylation is 1. The summed E-state index contributed by atoms with van der Waals surface area (Å²) in [5.74, 6) is 0.800. The van der Waals surface area contributed by atoms with Crippen molar-refractivity contribution in [1.29, 1.82) is 0 Å². The Morgan fingerprint density at radius 3 is 2.79 bits per heavy atom. The molecule has 8 nitrogen and oxygen atoms in total. The molecule has 1 amide bonds. The first-order chi connectivity index (χ1) is 16.5. The molecule has 8 heteroatoms. The number of nitrogens with two attached hydrogens (primary N) is 1. The molecule has 1 aliphatic rings. The van der Waals surface area contributed by atoms with Crippen LogP contribution in [0.4, 0.5) is 11.5 Å². The molecule has 1 fully saturated rings. The van der Waals surface area contributed by atoms with Gasteiger partial charge in [-0.3, -0.25) is 4.79 Å². The Kier molecular flexibility index (Phi) is 5.90. The lowest BCUT2D eigenvalue weighted by atomic mass is 10.00. The highest BCUT2D eigenvalue weighted by Crippen LogP contribution is 2.31. The summed E-state index contributed by atoms with van der Waals surface area (Å²) in [4.78, 5) is 27.2. The van der Waals surface area contributed by atoms with Gasteiger partial charge in [-0.15, -0.1) is 0 Å². The van der Waals surface area contributed by atoms with Gasteiger partial charge in [-0.1, -0.05) is 42.5 Å². The minimum absolute atomic E-state index is 0.114. The molecule has 0 saturated carbocycles. The molecule has 3 heterocycles. The van der Waals surface area contributed by atoms with Crippen molar-refractivity contribution < 1.29 is 4.79 Å². The van der Waals surface area contributed by atoms with Crippen molar-refractivity contribution in [3.8, 4) is 0 Å². The number of amides is 1. The number of anilines is 2. The van der Waals surface area contributed by atoms with Crippen molar-refractivity contribution in [1.82, 2.24) is 20.3 Å². The number of benzene rings is 2. The van der Waals surface area contributed by atoms with Crippen LogP contribution in [0.25, 0.3) is 11.0 Å². The Bertz CT molecular complexity index is 1300. The average Bonchev–Trinajstić information content (AvgIpc) is 3.45. The number of carbonyl (C=O) groups excluding carboxylic acids is 1. The molecule has 5 rings (SSSR count). The Labute approximate surface area is 198 Å². The smallest absolute Gasteiger partial charge is 0.253 e. The van der Waals surface area contributed by atoms with E-state index in [0.717, 1.165) is 46.6 Å². The predicted molar refractivity (Wildman–Crippen MR) is 135 cm³/mol. The summed E-state index contributed by atoms with van der Waals surface area (Å²) in [7, 11) is 0. The molecule has 1 atom stereocenters. The van der Waals surface area contributed by atoms with Crippen molar-refractivity contribution in [3.05, 3.63) is 83.8 Å². The quantitative estimate of drug-likeness (QED) is 0.340. The summed E-state index contributed by atoms with van der Waals surface area (Å²) in [6, 6.07) is 17.4. The van der Waals surface area contributed by atoms with Gasteiger partial charge in [-0.05, 0) is 36.6 Å². The summed E-state index contributed by atoms with van der Waals surface area (Å²) in [5.41, 5.74) is 10.8. The van der Waals surface area contributed by atoms with Gasteiger partial charge >= 0.3 is 0 Å². The van der Waals surface area contributed by atoms with Crippen LogP contribution in [0.1, 0.15) is 27.9 Å². The second-order valence-electron chi connectivity index (χ2n) is 8.99. The lowest BCUT2D eigenvalue weighted by Gasteiger charge is -2.26. The first kappa shape index (κ1) is 21.9. The Morgan fingerprint density at radius 2 is 1.94 bits per heavy atom. The molecule has 1 unspecified atom stereocenters. The van der Waals surface area contributed by atoms with Crippen molar-refractivity contribution >= 4 is 28.4 Å². The molecule has 2 aromatic carbocycles. The number of aromatic amines is 1. The van der Waals surface area contributed by atoms with Gasteiger partial charge < -0.3 is 26.3 Å². The molecule has 5 N–H and O–H groups in total. The number of aromatic nitrogens is 3. The van der Waals surface area contributed by atoms with Crippen molar-refractivity contribution in [3.63, 3.8) is 0 Å². The number of H-pyrrole nitrogens is 1. The Hall–Kier alpha value is -3.91. The number of carbonyl (C=O) groups is 1. The van der Waals surface area contributed by atoms with Gasteiger partial charge in [-0.25, -0.2) is 9.97 Å². The van der Waals surface area contributed by atoms with E-state index < -0.39 is 5.54 Å². The SMILES string of the molecule is Cc1c[nH]c2ncnc(N3CCC(N)(CNc4ccccc4C(=O)NCc4ccccc4)C3)c12. The van der Waals surface area contributed by atoms with Crippen molar-refractivity contribution in [2.75, 3.05) is 29.9 Å². The number of para-hydroxylation sites is 1. The number of nitrogens with one attached hydrogen (secondary N) is 3. The minimum atomic E-state index is -0.449. The van der Waals surface area contributed by atoms with E-state index in [1.807, 2.05) is 60.8 Å². The lowest BCUT2D eigenvalue weighted by molar-refractivity contribution is 0.0951. The molecule has 1 aliphatic heterocycles. The zero-order chi connectivity index (χ0) is 23.5. The Balaban J connectivity index is 1.25. The van der Waals surface area contributed by atoms with Gasteiger partial charge in [0.05, 0.1) is 16.5 Å². The molecule has 174 valence electrons. The molecule has 0 aliphatic carbocycles. The van der Waals surface area contributed by atoms with Crippen LogP contribution in [0, 0.1) is 6.92 Å². The highest BCUT2D eigenvalue weighted by atomic mass is 16.1. The van der Waals surface area contributed by atoms with E-state index in [9.17, 15) is 4.79 Å². The minimum Gasteiger partial charge on any atom is -0.382 e. The van der Waals surface area contributed by atoms with Crippen molar-refractivity contribution in [2.45, 2.75) is 25.4 Å². The number of rotatable bonds is 7. The van der Waals surface area contributed by atoms with Crippen LogP contribution in [-0.4, -0.2) is 46.0 Å². The summed E-state index contributed by atoms with van der Waals surface area (Å²) in [6.07, 6.45) is 4.36. The van der Waals surface area contributed by atoms with E-state index in [1.54, 1.807) is 6.33 Å². The maximum absolute atomic E-state index is 12.9. The van der Waals surface area contributed by atoms with Crippen LogP contribution < -0.4 is 21.3 Å². The van der Waals surface area contributed by atoms with Gasteiger partial charge in [0.25, 0.3) is 5.91 Å². The van der Waals surface area contributed by atoms with Gasteiger partial charge in [-0.2, -0.15) is 0 Å². The summed E-state index contributed by atoms with van der Waals surface area (Å²) >= 11 is 0. The van der Waals surface area contributed by atoms with Crippen molar-refractivity contribution in [2.24, 2.45) is 5.73 Å². The van der Waals surface area contributed by atoms with Crippen LogP contribution in [0.5, 0.6) is 0 Å². The summed E-state index contributed by atoms with van der Waals surface area (Å²) < 4.78 is 0. The third kappa shape index (κ3) is 4.45. The lowest BCUT2D eigenvalue weighted by Crippen LogP contribution is -2.48. The normalized spacial score (nSPS) is 17.8. The number of hydrogen-bond acceptors (Lipinski definition) is 6. The van der Waals surface area contributed by atoms with E-state index in [2.05, 4.69) is 37.4 Å². The molecule has 0 radical (unpaired) electrons. The molecule has 34 heavy (non-hydrogen) atoms. The second kappa shape index (κ2) is 9.15. The van der Waals surface area contributed by atoms with E-state index in [4.69, 9.17) is 5.73 Å². The first-order valence-electron chi connectivity index (χ1n) is 11.5. The number of fused-ring (bicyclic) bond motifs is 1. The number of hydrogen-bond donors (Lipinski definition) is 4. The third-order valence-electron chi connectivity index (χ3n) is 6.43. The van der Waals surface area contributed by atoms with E-state index >= 15 is 0 Å². The second-order valence-corrected chi connectivity index (χ2v) is 8.99. The molecule has 0 spiro atoms. The van der Waals surface area contributed by atoms with Gasteiger partial charge in [0.2, 0.25) is 0 Å². The first-order valence-corrected chi connectivity index (χ1v) is 11.5. The van der Waals surface area contributed by atoms with Gasteiger partial charge in [0, 0.05) is 38.1 Å². The fourth-order valence-electron chi connectivity index (χ4n) is 4.54. The third-order valence-corrected chi connectivity index (χ3v) is 6.43. The molecular weight excluding hydrogens is 426 g/mol. The monoisotopic (exact) mass is 455 g/mol. The molecule has 1 saturated heterocycles. The van der Waals surface area contributed by atoms with E-state index in [-0.39, 0.29) is 5.91 Å². The van der Waals surface area contributed by atoms with Crippen LogP contribution in [0.2, 0.25) is 0 Å². The van der Waals surface area contributed by atoms with E-state index in [1.165, 1.54) is 0 Å². The highest BCUT2D eigenvalue weighted by molar-refractivity contribution is 5.99. The standard InChI is InChI=1S/C26H29N7O/c1-18-13-28-23-22(18)24(32-17-31-23)33-12-11-26(27,16-33)15-30-21-10-6-5-9-20(21)25(34)29-14-19-7-3-2-4-8-19/h2-10,13,17,30H,11-12,14-16,27H2,1H3,(H,29,34)(H,28,31,32). The topological polar surface area (TPSA) is 112 Å². The largest absolute Gasteiger partial charge is 0.382 e. The molecule has 0 bridgehead atoms. The zero-order valence-electron chi connectivity index (χ0n) is 19.2. The average molecular weight is 456 g/mol. The van der Waals surface area contributed by atoms with Crippen LogP contribution in [0.15, 0.2) is 67.1 Å². The zero-order valence-corrected chi connectivity index (χ0v) is 19.2.